The Morgan fingerprint density at radius 1 is 1.00 bits per heavy atom. The van der Waals surface area contributed by atoms with Gasteiger partial charge in [-0.1, -0.05) is 29.8 Å². The summed E-state index contributed by atoms with van der Waals surface area (Å²) in [5, 5.41) is 4.56. The van der Waals surface area contributed by atoms with Gasteiger partial charge in [0.25, 0.3) is 5.91 Å². The Balaban J connectivity index is 1.60. The van der Waals surface area contributed by atoms with E-state index in [1.165, 1.54) is 13.3 Å². The van der Waals surface area contributed by atoms with E-state index in [0.717, 1.165) is 5.56 Å². The van der Waals surface area contributed by atoms with E-state index in [2.05, 4.69) is 10.5 Å². The zero-order chi connectivity index (χ0) is 23.8. The summed E-state index contributed by atoms with van der Waals surface area (Å²) in [6, 6.07) is 18.7. The molecule has 0 aliphatic carbocycles. The van der Waals surface area contributed by atoms with Crippen molar-refractivity contribution < 1.29 is 23.8 Å². The van der Waals surface area contributed by atoms with Gasteiger partial charge in [-0.2, -0.15) is 5.10 Å². The van der Waals surface area contributed by atoms with Gasteiger partial charge < -0.3 is 14.2 Å². The highest BCUT2D eigenvalue weighted by atomic mass is 35.5. The normalized spacial score (nSPS) is 11.6. The van der Waals surface area contributed by atoms with Crippen molar-refractivity contribution in [3.63, 3.8) is 0 Å². The molecular formula is C25H23ClN2O5. The lowest BCUT2D eigenvalue weighted by molar-refractivity contribution is -0.127. The summed E-state index contributed by atoms with van der Waals surface area (Å²) in [6.45, 7) is 3.47. The fourth-order valence-corrected chi connectivity index (χ4v) is 3.06. The van der Waals surface area contributed by atoms with E-state index < -0.39 is 18.0 Å². The Hall–Kier alpha value is -3.84. The Labute approximate surface area is 196 Å². The number of aryl methyl sites for hydroxylation is 1. The molecule has 1 N–H and O–H groups in total. The number of halogens is 1. The summed E-state index contributed by atoms with van der Waals surface area (Å²) in [5.74, 6) is 0.280. The lowest BCUT2D eigenvalue weighted by atomic mass is 10.2. The van der Waals surface area contributed by atoms with Gasteiger partial charge in [-0.25, -0.2) is 10.2 Å². The highest BCUT2D eigenvalue weighted by Gasteiger charge is 2.15. The van der Waals surface area contributed by atoms with Crippen molar-refractivity contribution in [1.29, 1.82) is 0 Å². The van der Waals surface area contributed by atoms with E-state index >= 15 is 0 Å². The number of amides is 1. The molecular weight excluding hydrogens is 444 g/mol. The molecule has 1 unspecified atom stereocenters. The molecule has 0 radical (unpaired) electrons. The number of esters is 1. The van der Waals surface area contributed by atoms with Crippen molar-refractivity contribution in [3.05, 3.63) is 88.4 Å². The van der Waals surface area contributed by atoms with E-state index in [4.69, 9.17) is 25.8 Å². The molecule has 0 fully saturated rings. The molecule has 3 aromatic rings. The first-order valence-corrected chi connectivity index (χ1v) is 10.5. The van der Waals surface area contributed by atoms with Crippen LogP contribution in [-0.2, 0) is 4.79 Å². The molecule has 170 valence electrons. The number of benzene rings is 3. The third kappa shape index (κ3) is 6.57. The van der Waals surface area contributed by atoms with Crippen LogP contribution in [0.1, 0.15) is 28.4 Å². The molecule has 0 aromatic heterocycles. The molecule has 0 saturated carbocycles. The summed E-state index contributed by atoms with van der Waals surface area (Å²) in [5.41, 5.74) is 4.33. The van der Waals surface area contributed by atoms with Crippen LogP contribution in [0, 0.1) is 6.92 Å². The summed E-state index contributed by atoms with van der Waals surface area (Å²) in [7, 11) is 1.47. The van der Waals surface area contributed by atoms with Gasteiger partial charge in [0.05, 0.1) is 18.9 Å². The fourth-order valence-electron chi connectivity index (χ4n) is 2.83. The highest BCUT2D eigenvalue weighted by Crippen LogP contribution is 2.28. The fraction of sp³-hybridized carbons (Fsp3) is 0.160. The van der Waals surface area contributed by atoms with Gasteiger partial charge in [0.1, 0.15) is 5.75 Å². The Morgan fingerprint density at radius 2 is 1.73 bits per heavy atom. The quantitative estimate of drug-likeness (QED) is 0.223. The summed E-state index contributed by atoms with van der Waals surface area (Å²) in [4.78, 5) is 24.6. The zero-order valence-corrected chi connectivity index (χ0v) is 19.1. The molecule has 0 aliphatic rings. The molecule has 33 heavy (non-hydrogen) atoms. The molecule has 3 aromatic carbocycles. The minimum atomic E-state index is -0.767. The molecule has 8 heteroatoms. The molecule has 3 rings (SSSR count). The molecule has 0 heterocycles. The molecule has 7 nitrogen and oxygen atoms in total. The number of methoxy groups -OCH3 is 1. The van der Waals surface area contributed by atoms with E-state index in [-0.39, 0.29) is 5.75 Å². The van der Waals surface area contributed by atoms with Gasteiger partial charge in [-0.3, -0.25) is 4.79 Å². The number of carbonyl (C=O) groups is 2. The third-order valence-corrected chi connectivity index (χ3v) is 4.83. The summed E-state index contributed by atoms with van der Waals surface area (Å²) >= 11 is 5.94. The van der Waals surface area contributed by atoms with Crippen LogP contribution in [0.4, 0.5) is 0 Å². The van der Waals surface area contributed by atoms with Gasteiger partial charge in [-0.05, 0) is 73.5 Å². The zero-order valence-electron chi connectivity index (χ0n) is 18.4. The maximum Gasteiger partial charge on any atom is 0.343 e. The predicted octanol–water partition coefficient (Wildman–Crippen LogP) is 4.79. The smallest absolute Gasteiger partial charge is 0.343 e. The summed E-state index contributed by atoms with van der Waals surface area (Å²) in [6.07, 6.45) is 0.681. The van der Waals surface area contributed by atoms with Crippen molar-refractivity contribution in [2.75, 3.05) is 7.11 Å². The van der Waals surface area contributed by atoms with Crippen LogP contribution in [0.3, 0.4) is 0 Å². The lowest BCUT2D eigenvalue weighted by Crippen LogP contribution is -2.33. The summed E-state index contributed by atoms with van der Waals surface area (Å²) < 4.78 is 16.4. The van der Waals surface area contributed by atoms with Crippen LogP contribution < -0.4 is 19.6 Å². The number of rotatable bonds is 8. The number of hydrogen-bond donors (Lipinski definition) is 1. The van der Waals surface area contributed by atoms with Crippen LogP contribution in [0.5, 0.6) is 17.2 Å². The van der Waals surface area contributed by atoms with Gasteiger partial charge in [0.2, 0.25) is 0 Å². The molecule has 0 saturated heterocycles. The van der Waals surface area contributed by atoms with E-state index in [9.17, 15) is 9.59 Å². The maximum absolute atomic E-state index is 12.3. The van der Waals surface area contributed by atoms with Gasteiger partial charge >= 0.3 is 5.97 Å². The second kappa shape index (κ2) is 11.2. The van der Waals surface area contributed by atoms with Crippen LogP contribution in [-0.4, -0.2) is 31.3 Å². The molecule has 1 atom stereocenters. The van der Waals surface area contributed by atoms with E-state index in [0.29, 0.717) is 27.6 Å². The second-order valence-corrected chi connectivity index (χ2v) is 7.51. The average Bonchev–Trinajstić information content (AvgIpc) is 2.82. The highest BCUT2D eigenvalue weighted by molar-refractivity contribution is 6.30. The molecule has 1 amide bonds. The third-order valence-electron chi connectivity index (χ3n) is 4.60. The Kier molecular flexibility index (Phi) is 8.05. The molecule has 0 spiro atoms. The standard InChI is InChI=1S/C25H23ClN2O5/c1-16-13-20(26)10-12-21(16)32-17(2)24(29)28-27-15-18-9-11-22(23(14-18)31-3)33-25(30)19-7-5-4-6-8-19/h4-15,17H,1-3H3,(H,28,29)/b27-15+. The van der Waals surface area contributed by atoms with Crippen LogP contribution >= 0.6 is 11.6 Å². The number of carbonyl (C=O) groups excluding carboxylic acids is 2. The van der Waals surface area contributed by atoms with E-state index in [1.807, 2.05) is 13.0 Å². The average molecular weight is 467 g/mol. The minimum Gasteiger partial charge on any atom is -0.493 e. The largest absolute Gasteiger partial charge is 0.493 e. The second-order valence-electron chi connectivity index (χ2n) is 7.07. The van der Waals surface area contributed by atoms with E-state index in [1.54, 1.807) is 67.6 Å². The first-order chi connectivity index (χ1) is 15.9. The number of hydrazone groups is 1. The number of hydrogen-bond acceptors (Lipinski definition) is 6. The monoisotopic (exact) mass is 466 g/mol. The van der Waals surface area contributed by atoms with Crippen LogP contribution in [0.2, 0.25) is 5.02 Å². The van der Waals surface area contributed by atoms with Crippen molar-refractivity contribution in [3.8, 4) is 17.2 Å². The number of nitrogens with one attached hydrogen (secondary N) is 1. The molecule has 0 aliphatic heterocycles. The van der Waals surface area contributed by atoms with Crippen molar-refractivity contribution in [1.82, 2.24) is 5.43 Å². The maximum atomic E-state index is 12.3. The van der Waals surface area contributed by atoms with Crippen LogP contribution in [0.15, 0.2) is 71.8 Å². The van der Waals surface area contributed by atoms with Gasteiger partial charge in [0, 0.05) is 5.02 Å². The SMILES string of the molecule is COc1cc(/C=N/NC(=O)C(C)Oc2ccc(Cl)cc2C)ccc1OC(=O)c1ccccc1. The van der Waals surface area contributed by atoms with Crippen molar-refractivity contribution >= 4 is 29.7 Å². The predicted molar refractivity (Wildman–Crippen MR) is 126 cm³/mol. The first kappa shape index (κ1) is 23.8. The Morgan fingerprint density at radius 3 is 2.42 bits per heavy atom. The number of ether oxygens (including phenoxy) is 3. The first-order valence-electron chi connectivity index (χ1n) is 10.1. The molecule has 0 bridgehead atoms. The van der Waals surface area contributed by atoms with Gasteiger partial charge in [-0.15, -0.1) is 0 Å². The van der Waals surface area contributed by atoms with Crippen LogP contribution in [0.25, 0.3) is 0 Å². The van der Waals surface area contributed by atoms with Crippen molar-refractivity contribution in [2.24, 2.45) is 5.10 Å². The van der Waals surface area contributed by atoms with Crippen molar-refractivity contribution in [2.45, 2.75) is 20.0 Å². The number of nitrogens with zero attached hydrogens (tertiary/aromatic N) is 1. The van der Waals surface area contributed by atoms with Gasteiger partial charge in [0.15, 0.2) is 17.6 Å². The topological polar surface area (TPSA) is 86.2 Å². The lowest BCUT2D eigenvalue weighted by Gasteiger charge is -2.15. The Bertz CT molecular complexity index is 1160. The minimum absolute atomic E-state index is 0.271.